The Kier molecular flexibility index (Phi) is 24.3. The quantitative estimate of drug-likeness (QED) is 0.0577. The highest BCUT2D eigenvalue weighted by Gasteiger charge is 2.47. The fourth-order valence-corrected chi connectivity index (χ4v) is 11.6. The topological polar surface area (TPSA) is 82.4 Å². The molecule has 0 heterocycles. The SMILES string of the molecule is CCCCCCCCCCCCCC[P+](CCCC)(CCCC)CCCC.O=S(=O)([N-]S(=O)(=O)C(F)(F)F)C(F)(F)F. The predicted molar refractivity (Wildman–Crippen MR) is 165 cm³/mol. The Morgan fingerprint density at radius 3 is 0.929 bits per heavy atom. The molecule has 0 aliphatic rings. The van der Waals surface area contributed by atoms with Crippen molar-refractivity contribution in [2.24, 2.45) is 0 Å². The lowest BCUT2D eigenvalue weighted by atomic mass is 10.1. The Morgan fingerprint density at radius 2 is 0.667 bits per heavy atom. The number of nitrogens with zero attached hydrogens (tertiary/aromatic N) is 1. The molecule has 0 rings (SSSR count). The summed E-state index contributed by atoms with van der Waals surface area (Å²) in [7, 11) is -14.1. The van der Waals surface area contributed by atoms with E-state index in [9.17, 15) is 43.2 Å². The second kappa shape index (κ2) is 23.2. The van der Waals surface area contributed by atoms with E-state index in [1.54, 1.807) is 31.1 Å². The molecule has 256 valence electrons. The van der Waals surface area contributed by atoms with Gasteiger partial charge in [0.1, 0.15) is 0 Å². The third-order valence-electron chi connectivity index (χ3n) is 7.23. The van der Waals surface area contributed by atoms with Crippen LogP contribution in [-0.2, 0) is 20.0 Å². The molecule has 5 nitrogen and oxygen atoms in total. The Hall–Kier alpha value is -0.130. The van der Waals surface area contributed by atoms with E-state index in [4.69, 9.17) is 0 Å². The number of hydrogen-bond acceptors (Lipinski definition) is 4. The second-order valence-corrected chi connectivity index (χ2v) is 19.0. The average molecular weight is 680 g/mol. The first-order chi connectivity index (χ1) is 19.4. The molecule has 0 fully saturated rings. The fourth-order valence-electron chi connectivity index (χ4n) is 4.65. The van der Waals surface area contributed by atoms with Crippen LogP contribution in [0.1, 0.15) is 143 Å². The first kappa shape index (κ1) is 44.0. The maximum Gasteiger partial charge on any atom is 0.480 e. The third-order valence-corrected chi connectivity index (χ3v) is 15.0. The smallest absolute Gasteiger partial charge is 0.421 e. The summed E-state index contributed by atoms with van der Waals surface area (Å²) in [6, 6.07) is 0. The molecule has 0 atom stereocenters. The lowest BCUT2D eigenvalue weighted by molar-refractivity contribution is -0.0444. The molecule has 0 radical (unpaired) electrons. The molecule has 14 heteroatoms. The molecule has 0 amide bonds. The van der Waals surface area contributed by atoms with Crippen LogP contribution in [-0.4, -0.2) is 52.5 Å². The van der Waals surface area contributed by atoms with Crippen molar-refractivity contribution in [1.29, 1.82) is 0 Å². The molecular weight excluding hydrogens is 623 g/mol. The van der Waals surface area contributed by atoms with Crippen molar-refractivity contribution >= 4 is 27.3 Å². The van der Waals surface area contributed by atoms with Crippen LogP contribution >= 0.6 is 7.26 Å². The van der Waals surface area contributed by atoms with Crippen LogP contribution in [0, 0.1) is 0 Å². The minimum Gasteiger partial charge on any atom is -0.421 e. The zero-order valence-electron chi connectivity index (χ0n) is 26.2. The van der Waals surface area contributed by atoms with Crippen molar-refractivity contribution in [2.75, 3.05) is 24.6 Å². The van der Waals surface area contributed by atoms with E-state index in [0.717, 1.165) is 4.13 Å². The Morgan fingerprint density at radius 1 is 0.429 bits per heavy atom. The van der Waals surface area contributed by atoms with Gasteiger partial charge >= 0.3 is 11.0 Å². The predicted octanol–water partition coefficient (Wildman–Crippen LogP) is 11.2. The number of unbranched alkanes of at least 4 members (excludes halogenated alkanes) is 14. The van der Waals surface area contributed by atoms with Crippen LogP contribution in [0.3, 0.4) is 0 Å². The molecule has 0 N–H and O–H groups in total. The van der Waals surface area contributed by atoms with Crippen LogP contribution in [0.2, 0.25) is 0 Å². The zero-order valence-corrected chi connectivity index (χ0v) is 28.7. The number of alkyl halides is 6. The summed E-state index contributed by atoms with van der Waals surface area (Å²) in [5, 5.41) is 0. The van der Waals surface area contributed by atoms with Crippen LogP contribution in [0.5, 0.6) is 0 Å². The molecule has 42 heavy (non-hydrogen) atoms. The van der Waals surface area contributed by atoms with E-state index >= 15 is 0 Å². The zero-order chi connectivity index (χ0) is 32.8. The first-order valence-corrected chi connectivity index (χ1v) is 21.1. The van der Waals surface area contributed by atoms with Crippen LogP contribution in [0.15, 0.2) is 0 Å². The summed E-state index contributed by atoms with van der Waals surface area (Å²) in [6.07, 6.45) is 33.0. The molecular formula is C28H56F6NO4PS2. The molecule has 0 aromatic carbocycles. The van der Waals surface area contributed by atoms with Gasteiger partial charge in [-0.3, -0.25) is 0 Å². The molecule has 0 bridgehead atoms. The van der Waals surface area contributed by atoms with Gasteiger partial charge in [-0.1, -0.05) is 111 Å². The lowest BCUT2D eigenvalue weighted by Crippen LogP contribution is -2.30. The maximum absolute atomic E-state index is 11.4. The van der Waals surface area contributed by atoms with Gasteiger partial charge in [-0.15, -0.1) is 0 Å². The van der Waals surface area contributed by atoms with Gasteiger partial charge in [-0.25, -0.2) is 16.8 Å². The largest absolute Gasteiger partial charge is 0.480 e. The van der Waals surface area contributed by atoms with E-state index < -0.39 is 38.3 Å². The van der Waals surface area contributed by atoms with E-state index in [1.165, 1.54) is 109 Å². The number of sulfonamides is 2. The Labute approximate surface area is 253 Å². The van der Waals surface area contributed by atoms with Gasteiger partial charge in [0.2, 0.25) is 0 Å². The lowest BCUT2D eigenvalue weighted by Gasteiger charge is -2.28. The summed E-state index contributed by atoms with van der Waals surface area (Å²) in [6.45, 7) is 9.47. The molecule has 0 saturated heterocycles. The van der Waals surface area contributed by atoms with Crippen LogP contribution in [0.25, 0.3) is 4.13 Å². The molecule has 0 saturated carbocycles. The summed E-state index contributed by atoms with van der Waals surface area (Å²) in [5.74, 6) is 0. The minimum absolute atomic E-state index is 0.626. The van der Waals surface area contributed by atoms with Crippen molar-refractivity contribution in [3.63, 3.8) is 0 Å². The van der Waals surface area contributed by atoms with Crippen molar-refractivity contribution in [2.45, 2.75) is 154 Å². The van der Waals surface area contributed by atoms with Gasteiger partial charge in [-0.2, -0.15) is 26.3 Å². The Bertz CT molecular complexity index is 803. The van der Waals surface area contributed by atoms with Gasteiger partial charge < -0.3 is 4.13 Å². The minimum atomic E-state index is -6.72. The van der Waals surface area contributed by atoms with Crippen molar-refractivity contribution < 1.29 is 43.2 Å². The van der Waals surface area contributed by atoms with E-state index in [0.29, 0.717) is 0 Å². The third kappa shape index (κ3) is 20.8. The summed E-state index contributed by atoms with van der Waals surface area (Å²) in [4.78, 5) is 0. The number of halogens is 6. The maximum atomic E-state index is 11.4. The standard InChI is InChI=1S/C26H56P.C2F6NO4S2/c1-5-9-13-14-15-16-17-18-19-20-21-22-26-27(23-10-6-2,24-11-7-3)25-12-8-4;3-1(4,5)14(10,11)9-15(12,13)2(6,7)8/h5-26H2,1-4H3;/q+1;-1. The van der Waals surface area contributed by atoms with Gasteiger partial charge in [0.15, 0.2) is 20.0 Å². The van der Waals surface area contributed by atoms with Crippen LogP contribution in [0.4, 0.5) is 26.3 Å². The number of hydrogen-bond donors (Lipinski definition) is 0. The normalized spacial score (nSPS) is 13.2. The van der Waals surface area contributed by atoms with Crippen molar-refractivity contribution in [1.82, 2.24) is 0 Å². The van der Waals surface area contributed by atoms with Crippen molar-refractivity contribution in [3.8, 4) is 0 Å². The molecule has 0 aromatic rings. The van der Waals surface area contributed by atoms with E-state index in [1.807, 2.05) is 0 Å². The fraction of sp³-hybridized carbons (Fsp3) is 1.00. The van der Waals surface area contributed by atoms with Gasteiger partial charge in [-0.05, 0) is 32.1 Å². The second-order valence-electron chi connectivity index (χ2n) is 11.1. The first-order valence-electron chi connectivity index (χ1n) is 15.7. The molecule has 0 spiro atoms. The molecule has 0 unspecified atom stereocenters. The van der Waals surface area contributed by atoms with Gasteiger partial charge in [0, 0.05) is 7.26 Å². The highest BCUT2D eigenvalue weighted by molar-refractivity contribution is 8.13. The summed E-state index contributed by atoms with van der Waals surface area (Å²) < 4.78 is 109. The highest BCUT2D eigenvalue weighted by Crippen LogP contribution is 2.61. The van der Waals surface area contributed by atoms with Crippen molar-refractivity contribution in [3.05, 3.63) is 4.13 Å². The van der Waals surface area contributed by atoms with Crippen LogP contribution < -0.4 is 0 Å². The monoisotopic (exact) mass is 679 g/mol. The number of rotatable bonds is 24. The molecule has 0 aromatic heterocycles. The molecule has 0 aliphatic heterocycles. The van der Waals surface area contributed by atoms with E-state index in [2.05, 4.69) is 27.7 Å². The van der Waals surface area contributed by atoms with Gasteiger partial charge in [0.05, 0.1) is 24.6 Å². The molecule has 0 aliphatic carbocycles. The highest BCUT2D eigenvalue weighted by atomic mass is 32.3. The van der Waals surface area contributed by atoms with Gasteiger partial charge in [0.25, 0.3) is 0 Å². The summed E-state index contributed by atoms with van der Waals surface area (Å²) >= 11 is 0. The average Bonchev–Trinajstić information content (AvgIpc) is 2.88. The summed E-state index contributed by atoms with van der Waals surface area (Å²) in [5.41, 5.74) is -12.4. The Balaban J connectivity index is 0. The van der Waals surface area contributed by atoms with E-state index in [-0.39, 0.29) is 0 Å².